The van der Waals surface area contributed by atoms with Crippen molar-refractivity contribution >= 4 is 15.7 Å². The summed E-state index contributed by atoms with van der Waals surface area (Å²) in [5.74, 6) is -0.160. The summed E-state index contributed by atoms with van der Waals surface area (Å²) in [6, 6.07) is -0.230. The van der Waals surface area contributed by atoms with Crippen molar-refractivity contribution in [3.8, 4) is 0 Å². The average molecular weight is 278 g/mol. The fraction of sp³-hybridized carbons (Fsp3) is 0.909. The summed E-state index contributed by atoms with van der Waals surface area (Å²) in [5, 5.41) is 0. The van der Waals surface area contributed by atoms with Crippen molar-refractivity contribution in [1.29, 1.82) is 0 Å². The van der Waals surface area contributed by atoms with Crippen LogP contribution in [-0.4, -0.2) is 63.6 Å². The van der Waals surface area contributed by atoms with Gasteiger partial charge in [-0.3, -0.25) is 4.79 Å². The lowest BCUT2D eigenvalue weighted by Gasteiger charge is -2.30. The SMILES string of the molecule is COCCN(C(=O)C(C)CN)C1CCS(=O)(=O)C1. The number of carbonyl (C=O) groups excluding carboxylic acids is 1. The predicted octanol–water partition coefficient (Wildman–Crippen LogP) is -0.757. The number of nitrogens with two attached hydrogens (primary N) is 1. The molecule has 0 aliphatic carbocycles. The van der Waals surface area contributed by atoms with E-state index < -0.39 is 9.84 Å². The molecule has 0 saturated carbocycles. The van der Waals surface area contributed by atoms with Crippen LogP contribution in [0.3, 0.4) is 0 Å². The number of carbonyl (C=O) groups is 1. The van der Waals surface area contributed by atoms with Gasteiger partial charge in [0.2, 0.25) is 5.91 Å². The van der Waals surface area contributed by atoms with Crippen LogP contribution in [0.25, 0.3) is 0 Å². The van der Waals surface area contributed by atoms with Crippen molar-refractivity contribution in [2.45, 2.75) is 19.4 Å². The fourth-order valence-electron chi connectivity index (χ4n) is 2.07. The molecule has 18 heavy (non-hydrogen) atoms. The van der Waals surface area contributed by atoms with Gasteiger partial charge in [0.05, 0.1) is 18.1 Å². The van der Waals surface area contributed by atoms with E-state index in [1.54, 1.807) is 18.9 Å². The van der Waals surface area contributed by atoms with Crippen LogP contribution >= 0.6 is 0 Å². The molecule has 1 rings (SSSR count). The highest BCUT2D eigenvalue weighted by Crippen LogP contribution is 2.19. The molecule has 0 aromatic carbocycles. The smallest absolute Gasteiger partial charge is 0.227 e. The van der Waals surface area contributed by atoms with Gasteiger partial charge in [-0.1, -0.05) is 6.92 Å². The average Bonchev–Trinajstić information content (AvgIpc) is 2.68. The number of hydrogen-bond donors (Lipinski definition) is 1. The van der Waals surface area contributed by atoms with Crippen LogP contribution in [0.15, 0.2) is 0 Å². The molecule has 0 aromatic heterocycles. The molecule has 1 heterocycles. The van der Waals surface area contributed by atoms with Crippen LogP contribution in [0, 0.1) is 5.92 Å². The number of methoxy groups -OCH3 is 1. The Morgan fingerprint density at radius 2 is 2.22 bits per heavy atom. The lowest BCUT2D eigenvalue weighted by atomic mass is 10.1. The van der Waals surface area contributed by atoms with Gasteiger partial charge in [-0.2, -0.15) is 0 Å². The van der Waals surface area contributed by atoms with E-state index in [1.807, 2.05) is 0 Å². The molecule has 6 nitrogen and oxygen atoms in total. The number of ether oxygens (including phenoxy) is 1. The largest absolute Gasteiger partial charge is 0.383 e. The Labute approximate surface area is 108 Å². The van der Waals surface area contributed by atoms with Gasteiger partial charge in [0.1, 0.15) is 0 Å². The van der Waals surface area contributed by atoms with Crippen LogP contribution in [0.4, 0.5) is 0 Å². The molecule has 1 fully saturated rings. The monoisotopic (exact) mass is 278 g/mol. The van der Waals surface area contributed by atoms with Gasteiger partial charge in [-0.15, -0.1) is 0 Å². The van der Waals surface area contributed by atoms with Gasteiger partial charge < -0.3 is 15.4 Å². The van der Waals surface area contributed by atoms with E-state index in [0.29, 0.717) is 19.6 Å². The van der Waals surface area contributed by atoms with Crippen molar-refractivity contribution in [3.05, 3.63) is 0 Å². The van der Waals surface area contributed by atoms with E-state index in [0.717, 1.165) is 0 Å². The Bertz CT molecular complexity index is 383. The lowest BCUT2D eigenvalue weighted by Crippen LogP contribution is -2.46. The predicted molar refractivity (Wildman–Crippen MR) is 68.9 cm³/mol. The molecule has 7 heteroatoms. The molecular weight excluding hydrogens is 256 g/mol. The maximum Gasteiger partial charge on any atom is 0.227 e. The first-order chi connectivity index (χ1) is 8.41. The fourth-order valence-corrected chi connectivity index (χ4v) is 3.80. The molecule has 0 bridgehead atoms. The van der Waals surface area contributed by atoms with Crippen LogP contribution in [0.1, 0.15) is 13.3 Å². The van der Waals surface area contributed by atoms with Gasteiger partial charge in [0.15, 0.2) is 9.84 Å². The highest BCUT2D eigenvalue weighted by atomic mass is 32.2. The van der Waals surface area contributed by atoms with E-state index in [2.05, 4.69) is 0 Å². The van der Waals surface area contributed by atoms with E-state index >= 15 is 0 Å². The minimum atomic E-state index is -3.00. The second-order valence-corrected chi connectivity index (χ2v) is 6.95. The third-order valence-corrected chi connectivity index (χ3v) is 4.99. The summed E-state index contributed by atoms with van der Waals surface area (Å²) in [5.41, 5.74) is 5.49. The molecule has 2 N–H and O–H groups in total. The molecule has 1 aliphatic heterocycles. The molecule has 1 saturated heterocycles. The molecule has 0 aromatic rings. The van der Waals surface area contributed by atoms with E-state index in [-0.39, 0.29) is 35.9 Å². The number of sulfone groups is 1. The minimum Gasteiger partial charge on any atom is -0.383 e. The first-order valence-corrected chi connectivity index (χ1v) is 7.93. The van der Waals surface area contributed by atoms with E-state index in [4.69, 9.17) is 10.5 Å². The van der Waals surface area contributed by atoms with Crippen LogP contribution < -0.4 is 5.73 Å². The minimum absolute atomic E-state index is 0.0553. The number of nitrogens with zero attached hydrogens (tertiary/aromatic N) is 1. The van der Waals surface area contributed by atoms with E-state index in [1.165, 1.54) is 0 Å². The Morgan fingerprint density at radius 3 is 2.67 bits per heavy atom. The van der Waals surface area contributed by atoms with Gasteiger partial charge in [0, 0.05) is 32.2 Å². The van der Waals surface area contributed by atoms with Crippen molar-refractivity contribution < 1.29 is 17.9 Å². The first kappa shape index (κ1) is 15.4. The summed E-state index contributed by atoms with van der Waals surface area (Å²) in [7, 11) is -1.44. The Morgan fingerprint density at radius 1 is 1.56 bits per heavy atom. The highest BCUT2D eigenvalue weighted by Gasteiger charge is 2.35. The van der Waals surface area contributed by atoms with Gasteiger partial charge >= 0.3 is 0 Å². The molecule has 2 unspecified atom stereocenters. The molecule has 106 valence electrons. The Balaban J connectivity index is 2.75. The Hall–Kier alpha value is -0.660. The summed E-state index contributed by atoms with van der Waals surface area (Å²) in [4.78, 5) is 13.8. The quantitative estimate of drug-likeness (QED) is 0.690. The normalized spacial score (nSPS) is 23.8. The summed E-state index contributed by atoms with van der Waals surface area (Å²) in [6.07, 6.45) is 0.509. The lowest BCUT2D eigenvalue weighted by molar-refractivity contribution is -0.137. The summed E-state index contributed by atoms with van der Waals surface area (Å²) in [6.45, 7) is 2.84. The second-order valence-electron chi connectivity index (χ2n) is 4.72. The number of hydrogen-bond acceptors (Lipinski definition) is 5. The molecule has 2 atom stereocenters. The van der Waals surface area contributed by atoms with Gasteiger partial charge in [-0.25, -0.2) is 8.42 Å². The van der Waals surface area contributed by atoms with E-state index in [9.17, 15) is 13.2 Å². The third kappa shape index (κ3) is 3.93. The van der Waals surface area contributed by atoms with Crippen molar-refractivity contribution in [1.82, 2.24) is 4.90 Å². The third-order valence-electron chi connectivity index (χ3n) is 3.24. The molecule has 0 radical (unpaired) electrons. The molecule has 1 aliphatic rings. The van der Waals surface area contributed by atoms with Crippen LogP contribution in [0.5, 0.6) is 0 Å². The molecule has 1 amide bonds. The maximum atomic E-state index is 12.2. The van der Waals surface area contributed by atoms with Crippen molar-refractivity contribution in [2.75, 3.05) is 38.3 Å². The zero-order valence-electron chi connectivity index (χ0n) is 11.0. The topological polar surface area (TPSA) is 89.7 Å². The summed E-state index contributed by atoms with van der Waals surface area (Å²) < 4.78 is 27.9. The van der Waals surface area contributed by atoms with Crippen LogP contribution in [-0.2, 0) is 19.4 Å². The maximum absolute atomic E-state index is 12.2. The molecule has 0 spiro atoms. The van der Waals surface area contributed by atoms with Crippen LogP contribution in [0.2, 0.25) is 0 Å². The van der Waals surface area contributed by atoms with Gasteiger partial charge in [-0.05, 0) is 6.42 Å². The highest BCUT2D eigenvalue weighted by molar-refractivity contribution is 7.91. The zero-order chi connectivity index (χ0) is 13.8. The molecular formula is C11H22N2O4S. The second kappa shape index (κ2) is 6.49. The standard InChI is InChI=1S/C11H22N2O4S/c1-9(7-12)11(14)13(4-5-17-2)10-3-6-18(15,16)8-10/h9-10H,3-8,12H2,1-2H3. The van der Waals surface area contributed by atoms with Crippen molar-refractivity contribution in [2.24, 2.45) is 11.7 Å². The Kier molecular flexibility index (Phi) is 5.55. The van der Waals surface area contributed by atoms with Crippen molar-refractivity contribution in [3.63, 3.8) is 0 Å². The van der Waals surface area contributed by atoms with Gasteiger partial charge in [0.25, 0.3) is 0 Å². The number of amides is 1. The summed E-state index contributed by atoms with van der Waals surface area (Å²) >= 11 is 0. The number of rotatable bonds is 6. The first-order valence-electron chi connectivity index (χ1n) is 6.11. The zero-order valence-corrected chi connectivity index (χ0v) is 11.8.